The van der Waals surface area contributed by atoms with Crippen LogP contribution in [0.4, 0.5) is 11.8 Å². The molecule has 0 bridgehead atoms. The molecule has 0 radical (unpaired) electrons. The minimum atomic E-state index is 0.263. The quantitative estimate of drug-likeness (QED) is 0.886. The molecule has 1 aliphatic carbocycles. The van der Waals surface area contributed by atoms with Crippen LogP contribution in [0.25, 0.3) is 0 Å². The first-order valence-corrected chi connectivity index (χ1v) is 6.52. The molecule has 2 rings (SSSR count). The first-order valence-electron chi connectivity index (χ1n) is 5.73. The maximum absolute atomic E-state index is 5.58. The van der Waals surface area contributed by atoms with E-state index in [1.54, 1.807) is 6.20 Å². The van der Waals surface area contributed by atoms with Gasteiger partial charge in [-0.3, -0.25) is 0 Å². The molecule has 0 atom stereocenters. The molecule has 0 saturated heterocycles. The van der Waals surface area contributed by atoms with Gasteiger partial charge in [0, 0.05) is 18.3 Å². The largest absolute Gasteiger partial charge is 0.368 e. The third kappa shape index (κ3) is 2.52. The summed E-state index contributed by atoms with van der Waals surface area (Å²) in [5, 5.41) is 3.36. The molecule has 1 aromatic rings. The molecule has 6 heteroatoms. The van der Waals surface area contributed by atoms with Crippen LogP contribution in [0, 0.1) is 0 Å². The highest BCUT2D eigenvalue weighted by Crippen LogP contribution is 2.36. The van der Waals surface area contributed by atoms with E-state index in [4.69, 9.17) is 5.73 Å². The highest BCUT2D eigenvalue weighted by Gasteiger charge is 2.38. The maximum atomic E-state index is 5.58. The molecule has 1 fully saturated rings. The van der Waals surface area contributed by atoms with Crippen molar-refractivity contribution in [3.05, 3.63) is 10.7 Å². The van der Waals surface area contributed by atoms with Crippen molar-refractivity contribution in [1.29, 1.82) is 0 Å². The lowest BCUT2D eigenvalue weighted by Crippen LogP contribution is -2.54. The van der Waals surface area contributed by atoms with E-state index < -0.39 is 0 Å². The fraction of sp³-hybridized carbons (Fsp3) is 0.636. The van der Waals surface area contributed by atoms with Crippen LogP contribution in [0.3, 0.4) is 0 Å². The molecule has 0 spiro atoms. The van der Waals surface area contributed by atoms with Gasteiger partial charge in [0.25, 0.3) is 0 Å². The zero-order valence-corrected chi connectivity index (χ0v) is 11.8. The monoisotopic (exact) mass is 299 g/mol. The van der Waals surface area contributed by atoms with Crippen molar-refractivity contribution < 1.29 is 0 Å². The number of anilines is 2. The van der Waals surface area contributed by atoms with Crippen molar-refractivity contribution in [3.8, 4) is 0 Å². The zero-order chi connectivity index (χ0) is 12.5. The van der Waals surface area contributed by atoms with Crippen LogP contribution in [0.1, 0.15) is 19.3 Å². The van der Waals surface area contributed by atoms with Crippen LogP contribution >= 0.6 is 15.9 Å². The van der Waals surface area contributed by atoms with E-state index in [1.165, 1.54) is 19.3 Å². The first kappa shape index (κ1) is 12.6. The van der Waals surface area contributed by atoms with Crippen LogP contribution in [-0.2, 0) is 0 Å². The van der Waals surface area contributed by atoms with Crippen molar-refractivity contribution in [2.24, 2.45) is 0 Å². The Balaban J connectivity index is 2.04. The standard InChI is InChI=1S/C11H18BrN5/c1-17(2)11(4-3-5-11)7-15-9-8(12)6-14-10(13)16-9/h6H,3-5,7H2,1-2H3,(H3,13,14,15,16). The number of rotatable bonds is 4. The van der Waals surface area contributed by atoms with Gasteiger partial charge in [0.05, 0.1) is 4.47 Å². The van der Waals surface area contributed by atoms with E-state index in [-0.39, 0.29) is 5.54 Å². The van der Waals surface area contributed by atoms with Gasteiger partial charge in [0.15, 0.2) is 0 Å². The minimum absolute atomic E-state index is 0.263. The van der Waals surface area contributed by atoms with Gasteiger partial charge in [-0.05, 0) is 49.3 Å². The lowest BCUT2D eigenvalue weighted by Gasteiger charge is -2.47. The molecular formula is C11H18BrN5. The molecule has 1 heterocycles. The molecule has 1 aromatic heterocycles. The molecule has 17 heavy (non-hydrogen) atoms. The number of halogens is 1. The Labute approximate surface area is 110 Å². The van der Waals surface area contributed by atoms with Gasteiger partial charge in [0.1, 0.15) is 5.82 Å². The highest BCUT2D eigenvalue weighted by atomic mass is 79.9. The summed E-state index contributed by atoms with van der Waals surface area (Å²) >= 11 is 3.42. The van der Waals surface area contributed by atoms with E-state index in [0.29, 0.717) is 5.95 Å². The van der Waals surface area contributed by atoms with Gasteiger partial charge < -0.3 is 16.0 Å². The second-order valence-electron chi connectivity index (χ2n) is 4.75. The number of hydrogen-bond acceptors (Lipinski definition) is 5. The molecule has 94 valence electrons. The van der Waals surface area contributed by atoms with E-state index in [0.717, 1.165) is 16.8 Å². The number of nitrogens with two attached hydrogens (primary N) is 1. The van der Waals surface area contributed by atoms with E-state index in [9.17, 15) is 0 Å². The average molecular weight is 300 g/mol. The number of nitrogens with zero attached hydrogens (tertiary/aromatic N) is 3. The lowest BCUT2D eigenvalue weighted by atomic mass is 9.75. The van der Waals surface area contributed by atoms with Crippen LogP contribution in [0.2, 0.25) is 0 Å². The number of nitrogen functional groups attached to an aromatic ring is 1. The number of nitrogens with one attached hydrogen (secondary N) is 1. The second kappa shape index (κ2) is 4.78. The second-order valence-corrected chi connectivity index (χ2v) is 5.60. The third-order valence-electron chi connectivity index (χ3n) is 3.58. The van der Waals surface area contributed by atoms with Crippen molar-refractivity contribution >= 4 is 27.7 Å². The van der Waals surface area contributed by atoms with Crippen molar-refractivity contribution in [3.63, 3.8) is 0 Å². The summed E-state index contributed by atoms with van der Waals surface area (Å²) in [6.07, 6.45) is 5.43. The Bertz CT molecular complexity index is 403. The fourth-order valence-electron chi connectivity index (χ4n) is 2.12. The Morgan fingerprint density at radius 1 is 1.53 bits per heavy atom. The number of likely N-dealkylation sites (N-methyl/N-ethyl adjacent to an activating group) is 1. The normalized spacial score (nSPS) is 17.9. The summed E-state index contributed by atoms with van der Waals surface area (Å²) in [4.78, 5) is 10.4. The van der Waals surface area contributed by atoms with E-state index in [1.807, 2.05) is 0 Å². The highest BCUT2D eigenvalue weighted by molar-refractivity contribution is 9.10. The van der Waals surface area contributed by atoms with Gasteiger partial charge in [-0.1, -0.05) is 0 Å². The maximum Gasteiger partial charge on any atom is 0.221 e. The molecule has 0 aliphatic heterocycles. The van der Waals surface area contributed by atoms with Crippen LogP contribution in [0.15, 0.2) is 10.7 Å². The van der Waals surface area contributed by atoms with Crippen LogP contribution in [-0.4, -0.2) is 41.0 Å². The van der Waals surface area contributed by atoms with Gasteiger partial charge in [-0.15, -0.1) is 0 Å². The minimum Gasteiger partial charge on any atom is -0.368 e. The van der Waals surface area contributed by atoms with E-state index >= 15 is 0 Å². The molecule has 1 aliphatic rings. The molecule has 1 saturated carbocycles. The first-order chi connectivity index (χ1) is 8.03. The lowest BCUT2D eigenvalue weighted by molar-refractivity contribution is 0.0738. The number of hydrogen-bond donors (Lipinski definition) is 2. The van der Waals surface area contributed by atoms with Gasteiger partial charge in [-0.25, -0.2) is 4.98 Å². The summed E-state index contributed by atoms with van der Waals surface area (Å²) in [6, 6.07) is 0. The summed E-state index contributed by atoms with van der Waals surface area (Å²) in [7, 11) is 4.26. The molecule has 5 nitrogen and oxygen atoms in total. The smallest absolute Gasteiger partial charge is 0.221 e. The SMILES string of the molecule is CN(C)C1(CNc2nc(N)ncc2Br)CCC1. The zero-order valence-electron chi connectivity index (χ0n) is 10.2. The Kier molecular flexibility index (Phi) is 3.53. The summed E-state index contributed by atoms with van der Waals surface area (Å²) in [5.74, 6) is 1.06. The summed E-state index contributed by atoms with van der Waals surface area (Å²) in [6.45, 7) is 0.884. The fourth-order valence-corrected chi connectivity index (χ4v) is 2.45. The van der Waals surface area contributed by atoms with Crippen molar-refractivity contribution in [2.45, 2.75) is 24.8 Å². The molecular weight excluding hydrogens is 282 g/mol. The molecule has 0 amide bonds. The molecule has 0 unspecified atom stereocenters. The van der Waals surface area contributed by atoms with Gasteiger partial charge >= 0.3 is 0 Å². The Morgan fingerprint density at radius 2 is 2.24 bits per heavy atom. The van der Waals surface area contributed by atoms with Crippen molar-refractivity contribution in [1.82, 2.24) is 14.9 Å². The third-order valence-corrected chi connectivity index (χ3v) is 4.16. The topological polar surface area (TPSA) is 67.1 Å². The summed E-state index contributed by atoms with van der Waals surface area (Å²) in [5.41, 5.74) is 5.84. The van der Waals surface area contributed by atoms with Crippen LogP contribution in [0.5, 0.6) is 0 Å². The summed E-state index contributed by atoms with van der Waals surface area (Å²) < 4.78 is 0.847. The molecule has 0 aromatic carbocycles. The van der Waals surface area contributed by atoms with E-state index in [2.05, 4.69) is 50.2 Å². The number of aromatic nitrogens is 2. The Hall–Kier alpha value is -0.880. The van der Waals surface area contributed by atoms with Gasteiger partial charge in [0.2, 0.25) is 5.95 Å². The Morgan fingerprint density at radius 3 is 2.76 bits per heavy atom. The predicted octanol–water partition coefficient (Wildman–Crippen LogP) is 1.72. The predicted molar refractivity (Wildman–Crippen MR) is 72.9 cm³/mol. The van der Waals surface area contributed by atoms with Crippen LogP contribution < -0.4 is 11.1 Å². The van der Waals surface area contributed by atoms with Gasteiger partial charge in [-0.2, -0.15) is 4.98 Å². The molecule has 3 N–H and O–H groups in total. The average Bonchev–Trinajstić information content (AvgIpc) is 2.21. The van der Waals surface area contributed by atoms with Crippen molar-refractivity contribution in [2.75, 3.05) is 31.7 Å².